The quantitative estimate of drug-likeness (QED) is 0.821. The van der Waals surface area contributed by atoms with Gasteiger partial charge in [-0.05, 0) is 48.2 Å². The second-order valence-corrected chi connectivity index (χ2v) is 6.76. The molecule has 3 rings (SSSR count). The summed E-state index contributed by atoms with van der Waals surface area (Å²) in [5.41, 5.74) is 4.49. The number of hydrogen-bond acceptors (Lipinski definition) is 2. The van der Waals surface area contributed by atoms with E-state index in [-0.39, 0.29) is 5.91 Å². The number of carbonyl (C=O) groups excluding carboxylic acids is 1. The van der Waals surface area contributed by atoms with Gasteiger partial charge in [-0.25, -0.2) is 0 Å². The highest BCUT2D eigenvalue weighted by atomic mass is 16.2. The van der Waals surface area contributed by atoms with E-state index in [4.69, 9.17) is 0 Å². The van der Waals surface area contributed by atoms with Crippen LogP contribution in [0.1, 0.15) is 36.2 Å². The Bertz CT molecular complexity index is 683. The Morgan fingerprint density at radius 2 is 1.40 bits per heavy atom. The van der Waals surface area contributed by atoms with Crippen molar-refractivity contribution in [1.82, 2.24) is 9.80 Å². The molecule has 1 amide bonds. The molecule has 0 unspecified atom stereocenters. The smallest absolute Gasteiger partial charge is 0.253 e. The van der Waals surface area contributed by atoms with Crippen LogP contribution in [0.25, 0.3) is 11.1 Å². The lowest BCUT2D eigenvalue weighted by molar-refractivity contribution is 0.0637. The molecule has 25 heavy (non-hydrogen) atoms. The Morgan fingerprint density at radius 1 is 0.840 bits per heavy atom. The molecule has 0 aliphatic carbocycles. The Hall–Kier alpha value is -2.13. The van der Waals surface area contributed by atoms with E-state index in [9.17, 15) is 4.79 Å². The molecule has 1 heterocycles. The molecule has 1 aliphatic rings. The molecule has 0 aromatic heterocycles. The predicted octanol–water partition coefficient (Wildman–Crippen LogP) is 4.08. The molecule has 1 aliphatic heterocycles. The van der Waals surface area contributed by atoms with Crippen LogP contribution in [-0.2, 0) is 6.42 Å². The first kappa shape index (κ1) is 17.7. The van der Waals surface area contributed by atoms with Gasteiger partial charge >= 0.3 is 0 Å². The summed E-state index contributed by atoms with van der Waals surface area (Å²) in [6.45, 7) is 9.14. The minimum atomic E-state index is 0.157. The molecule has 0 spiro atoms. The van der Waals surface area contributed by atoms with Crippen LogP contribution < -0.4 is 0 Å². The van der Waals surface area contributed by atoms with Gasteiger partial charge in [0.1, 0.15) is 0 Å². The van der Waals surface area contributed by atoms with Gasteiger partial charge in [0, 0.05) is 31.7 Å². The van der Waals surface area contributed by atoms with Crippen molar-refractivity contribution >= 4 is 5.91 Å². The van der Waals surface area contributed by atoms with Crippen molar-refractivity contribution in [3.8, 4) is 11.1 Å². The van der Waals surface area contributed by atoms with Gasteiger partial charge in [0.05, 0.1) is 0 Å². The average Bonchev–Trinajstić information content (AvgIpc) is 2.68. The molecular formula is C22H28N2O. The molecule has 0 atom stereocenters. The van der Waals surface area contributed by atoms with Crippen molar-refractivity contribution in [2.24, 2.45) is 0 Å². The highest BCUT2D eigenvalue weighted by Gasteiger charge is 2.21. The SMILES string of the molecule is CCCN1CCN(C(=O)c2ccc(-c3ccc(CC)cc3)cc2)CC1. The van der Waals surface area contributed by atoms with Crippen molar-refractivity contribution in [2.45, 2.75) is 26.7 Å². The van der Waals surface area contributed by atoms with Gasteiger partial charge in [0.25, 0.3) is 5.91 Å². The first-order valence-electron chi connectivity index (χ1n) is 9.42. The zero-order chi connectivity index (χ0) is 17.6. The lowest BCUT2D eigenvalue weighted by Gasteiger charge is -2.34. The Morgan fingerprint density at radius 3 is 1.92 bits per heavy atom. The summed E-state index contributed by atoms with van der Waals surface area (Å²) < 4.78 is 0. The summed E-state index contributed by atoms with van der Waals surface area (Å²) >= 11 is 0. The van der Waals surface area contributed by atoms with Crippen molar-refractivity contribution in [2.75, 3.05) is 32.7 Å². The zero-order valence-electron chi connectivity index (χ0n) is 15.4. The monoisotopic (exact) mass is 336 g/mol. The van der Waals surface area contributed by atoms with Crippen molar-refractivity contribution < 1.29 is 4.79 Å². The fraction of sp³-hybridized carbons (Fsp3) is 0.409. The number of rotatable bonds is 5. The third-order valence-electron chi connectivity index (χ3n) is 5.03. The molecular weight excluding hydrogens is 308 g/mol. The van der Waals surface area contributed by atoms with Crippen LogP contribution in [0.3, 0.4) is 0 Å². The highest BCUT2D eigenvalue weighted by molar-refractivity contribution is 5.94. The number of nitrogens with zero attached hydrogens (tertiary/aromatic N) is 2. The summed E-state index contributed by atoms with van der Waals surface area (Å²) in [7, 11) is 0. The van der Waals surface area contributed by atoms with Gasteiger partial charge in [-0.15, -0.1) is 0 Å². The largest absolute Gasteiger partial charge is 0.336 e. The van der Waals surface area contributed by atoms with E-state index < -0.39 is 0 Å². The number of amides is 1. The molecule has 132 valence electrons. The topological polar surface area (TPSA) is 23.6 Å². The number of piperazine rings is 1. The molecule has 1 saturated heterocycles. The van der Waals surface area contributed by atoms with Crippen LogP contribution >= 0.6 is 0 Å². The number of hydrogen-bond donors (Lipinski definition) is 0. The van der Waals surface area contributed by atoms with Gasteiger partial charge < -0.3 is 4.90 Å². The van der Waals surface area contributed by atoms with E-state index in [1.165, 1.54) is 17.5 Å². The fourth-order valence-electron chi connectivity index (χ4n) is 3.41. The highest BCUT2D eigenvalue weighted by Crippen LogP contribution is 2.21. The Labute approximate surface area is 151 Å². The summed E-state index contributed by atoms with van der Waals surface area (Å²) in [5.74, 6) is 0.157. The maximum atomic E-state index is 12.7. The van der Waals surface area contributed by atoms with Crippen LogP contribution in [0.5, 0.6) is 0 Å². The second kappa shape index (κ2) is 8.30. The summed E-state index contributed by atoms with van der Waals surface area (Å²) in [4.78, 5) is 17.1. The van der Waals surface area contributed by atoms with Crippen LogP contribution in [0.2, 0.25) is 0 Å². The molecule has 1 fully saturated rings. The molecule has 0 bridgehead atoms. The summed E-state index contributed by atoms with van der Waals surface area (Å²) in [5, 5.41) is 0. The van der Waals surface area contributed by atoms with E-state index in [0.29, 0.717) is 0 Å². The van der Waals surface area contributed by atoms with Crippen LogP contribution in [-0.4, -0.2) is 48.4 Å². The van der Waals surface area contributed by atoms with Gasteiger partial charge in [-0.2, -0.15) is 0 Å². The molecule has 2 aromatic carbocycles. The van der Waals surface area contributed by atoms with Crippen LogP contribution in [0.4, 0.5) is 0 Å². The van der Waals surface area contributed by atoms with Gasteiger partial charge in [-0.3, -0.25) is 9.69 Å². The maximum absolute atomic E-state index is 12.7. The molecule has 0 radical (unpaired) electrons. The third-order valence-corrected chi connectivity index (χ3v) is 5.03. The molecule has 3 nitrogen and oxygen atoms in total. The second-order valence-electron chi connectivity index (χ2n) is 6.76. The van der Waals surface area contributed by atoms with Gasteiger partial charge in [0.2, 0.25) is 0 Å². The van der Waals surface area contributed by atoms with E-state index in [1.807, 2.05) is 17.0 Å². The lowest BCUT2D eigenvalue weighted by Crippen LogP contribution is -2.48. The third kappa shape index (κ3) is 4.29. The van der Waals surface area contributed by atoms with E-state index in [0.717, 1.165) is 50.3 Å². The fourth-order valence-corrected chi connectivity index (χ4v) is 3.41. The Kier molecular flexibility index (Phi) is 5.87. The van der Waals surface area contributed by atoms with Gasteiger partial charge in [-0.1, -0.05) is 50.2 Å². The van der Waals surface area contributed by atoms with Crippen LogP contribution in [0, 0.1) is 0 Å². The molecule has 2 aromatic rings. The van der Waals surface area contributed by atoms with Crippen LogP contribution in [0.15, 0.2) is 48.5 Å². The maximum Gasteiger partial charge on any atom is 0.253 e. The average molecular weight is 336 g/mol. The number of aryl methyl sites for hydroxylation is 1. The minimum absolute atomic E-state index is 0.157. The van der Waals surface area contributed by atoms with Crippen molar-refractivity contribution in [3.05, 3.63) is 59.7 Å². The summed E-state index contributed by atoms with van der Waals surface area (Å²) in [6.07, 6.45) is 2.23. The Balaban J connectivity index is 1.64. The number of benzene rings is 2. The van der Waals surface area contributed by atoms with E-state index >= 15 is 0 Å². The molecule has 0 saturated carbocycles. The zero-order valence-corrected chi connectivity index (χ0v) is 15.4. The molecule has 0 N–H and O–H groups in total. The predicted molar refractivity (Wildman–Crippen MR) is 104 cm³/mol. The lowest BCUT2D eigenvalue weighted by atomic mass is 10.0. The normalized spacial score (nSPS) is 15.4. The van der Waals surface area contributed by atoms with Crippen molar-refractivity contribution in [3.63, 3.8) is 0 Å². The van der Waals surface area contributed by atoms with Crippen molar-refractivity contribution in [1.29, 1.82) is 0 Å². The summed E-state index contributed by atoms with van der Waals surface area (Å²) in [6, 6.07) is 16.7. The van der Waals surface area contributed by atoms with Gasteiger partial charge in [0.15, 0.2) is 0 Å². The molecule has 3 heteroatoms. The minimum Gasteiger partial charge on any atom is -0.336 e. The first-order valence-corrected chi connectivity index (χ1v) is 9.42. The number of carbonyl (C=O) groups is 1. The first-order chi connectivity index (χ1) is 12.2. The van der Waals surface area contributed by atoms with E-state index in [1.54, 1.807) is 0 Å². The van der Waals surface area contributed by atoms with E-state index in [2.05, 4.69) is 55.1 Å². The standard InChI is InChI=1S/C22H28N2O/c1-3-13-23-14-16-24(17-15-23)22(25)21-11-9-20(10-12-21)19-7-5-18(4-2)6-8-19/h5-12H,3-4,13-17H2,1-2H3.